The normalized spacial score (nSPS) is 10.4. The lowest BCUT2D eigenvalue weighted by molar-refractivity contribution is 0.0951. The quantitative estimate of drug-likeness (QED) is 0.172. The number of hydrogen-bond donors (Lipinski definition) is 2. The van der Waals surface area contributed by atoms with Crippen molar-refractivity contribution < 1.29 is 9.18 Å². The highest BCUT2D eigenvalue weighted by Gasteiger charge is 2.18. The molecule has 0 saturated carbocycles. The number of rotatable bonds is 10. The molecular formula is C27H24FN7O. The summed E-state index contributed by atoms with van der Waals surface area (Å²) in [6.07, 6.45) is 3.89. The molecule has 0 radical (unpaired) electrons. The van der Waals surface area contributed by atoms with Gasteiger partial charge in [0, 0.05) is 36.0 Å². The van der Waals surface area contributed by atoms with E-state index in [4.69, 9.17) is 10.5 Å². The number of carbonyl (C=O) groups excluding carboxylic acids is 1. The van der Waals surface area contributed by atoms with Crippen LogP contribution in [0, 0.1) is 5.82 Å². The van der Waals surface area contributed by atoms with E-state index in [9.17, 15) is 9.18 Å². The minimum absolute atomic E-state index is 0.0419. The molecule has 0 aliphatic rings. The van der Waals surface area contributed by atoms with E-state index in [1.54, 1.807) is 30.6 Å². The molecule has 4 aromatic rings. The summed E-state index contributed by atoms with van der Waals surface area (Å²) in [7, 11) is 0. The number of aromatic nitrogens is 2. The molecule has 0 spiro atoms. The summed E-state index contributed by atoms with van der Waals surface area (Å²) in [5.74, 6) is -0.241. The van der Waals surface area contributed by atoms with Gasteiger partial charge in [-0.05, 0) is 52.9 Å². The second kappa shape index (κ2) is 12.1. The van der Waals surface area contributed by atoms with Crippen LogP contribution in [-0.4, -0.2) is 22.4 Å². The van der Waals surface area contributed by atoms with Gasteiger partial charge in [-0.2, -0.15) is 0 Å². The topological polar surface area (TPSA) is 116 Å². The number of halogens is 1. The first-order valence-corrected chi connectivity index (χ1v) is 11.4. The average Bonchev–Trinajstić information content (AvgIpc) is 2.92. The Morgan fingerprint density at radius 2 is 1.86 bits per heavy atom. The van der Waals surface area contributed by atoms with Crippen LogP contribution in [0.25, 0.3) is 21.7 Å². The van der Waals surface area contributed by atoms with Crippen molar-refractivity contribution in [2.45, 2.75) is 19.5 Å². The van der Waals surface area contributed by atoms with Gasteiger partial charge in [0.1, 0.15) is 11.6 Å². The van der Waals surface area contributed by atoms with Gasteiger partial charge in [0.2, 0.25) is 0 Å². The van der Waals surface area contributed by atoms with Crippen molar-refractivity contribution >= 4 is 11.7 Å². The molecule has 0 unspecified atom stereocenters. The Balaban J connectivity index is 1.66. The molecule has 2 aromatic carbocycles. The van der Waals surface area contributed by atoms with Crippen LogP contribution in [0.1, 0.15) is 27.0 Å². The van der Waals surface area contributed by atoms with Crippen LogP contribution in [0.5, 0.6) is 0 Å². The molecule has 1 amide bonds. The largest absolute Gasteiger partial charge is 0.369 e. The average molecular weight is 482 g/mol. The number of azide groups is 1. The van der Waals surface area contributed by atoms with Gasteiger partial charge in [-0.3, -0.25) is 9.78 Å². The van der Waals surface area contributed by atoms with Gasteiger partial charge in [0.25, 0.3) is 5.91 Å². The molecule has 0 saturated heterocycles. The SMILES string of the molecule is [N-]=[N+]=NCc1cc(C(=O)NCc2cccnc2)c(NCCc2cccc(F)c2)nc1-c1ccccc1. The highest BCUT2D eigenvalue weighted by Crippen LogP contribution is 2.27. The fraction of sp³-hybridized carbons (Fsp3) is 0.148. The lowest BCUT2D eigenvalue weighted by Gasteiger charge is -2.16. The van der Waals surface area contributed by atoms with E-state index in [-0.39, 0.29) is 18.3 Å². The van der Waals surface area contributed by atoms with Crippen molar-refractivity contribution in [3.05, 3.63) is 124 Å². The van der Waals surface area contributed by atoms with Gasteiger partial charge in [-0.1, -0.05) is 53.6 Å². The number of hydrogen-bond acceptors (Lipinski definition) is 5. The van der Waals surface area contributed by atoms with Crippen LogP contribution in [-0.2, 0) is 19.5 Å². The van der Waals surface area contributed by atoms with Crippen molar-refractivity contribution in [3.63, 3.8) is 0 Å². The number of carbonyl (C=O) groups is 1. The highest BCUT2D eigenvalue weighted by atomic mass is 19.1. The Morgan fingerprint density at radius 3 is 2.61 bits per heavy atom. The number of nitrogens with zero attached hydrogens (tertiary/aromatic N) is 5. The zero-order chi connectivity index (χ0) is 25.2. The molecular weight excluding hydrogens is 457 g/mol. The third-order valence-corrected chi connectivity index (χ3v) is 5.47. The zero-order valence-electron chi connectivity index (χ0n) is 19.4. The van der Waals surface area contributed by atoms with E-state index >= 15 is 0 Å². The Bertz CT molecular complexity index is 1370. The first-order valence-electron chi connectivity index (χ1n) is 11.4. The van der Waals surface area contributed by atoms with Crippen LogP contribution in [0.15, 0.2) is 90.3 Å². The molecule has 9 heteroatoms. The number of pyridine rings is 2. The summed E-state index contributed by atoms with van der Waals surface area (Å²) in [5.41, 5.74) is 13.0. The molecule has 2 heterocycles. The molecule has 4 rings (SSSR count). The van der Waals surface area contributed by atoms with Crippen molar-refractivity contribution in [2.75, 3.05) is 11.9 Å². The second-order valence-electron chi connectivity index (χ2n) is 8.00. The van der Waals surface area contributed by atoms with Gasteiger partial charge >= 0.3 is 0 Å². The molecule has 0 aliphatic heterocycles. The fourth-order valence-corrected chi connectivity index (χ4v) is 3.73. The van der Waals surface area contributed by atoms with Crippen LogP contribution in [0.3, 0.4) is 0 Å². The van der Waals surface area contributed by atoms with Gasteiger partial charge in [0.15, 0.2) is 0 Å². The summed E-state index contributed by atoms with van der Waals surface area (Å²) in [5, 5.41) is 9.85. The number of nitrogens with one attached hydrogen (secondary N) is 2. The van der Waals surface area contributed by atoms with E-state index in [1.165, 1.54) is 12.1 Å². The first-order chi connectivity index (χ1) is 17.6. The lowest BCUT2D eigenvalue weighted by atomic mass is 10.0. The molecule has 2 N–H and O–H groups in total. The molecule has 0 atom stereocenters. The van der Waals surface area contributed by atoms with Crippen LogP contribution >= 0.6 is 0 Å². The second-order valence-corrected chi connectivity index (χ2v) is 8.00. The van der Waals surface area contributed by atoms with Crippen molar-refractivity contribution in [3.8, 4) is 11.3 Å². The predicted molar refractivity (Wildman–Crippen MR) is 137 cm³/mol. The predicted octanol–water partition coefficient (Wildman–Crippen LogP) is 5.68. The third-order valence-electron chi connectivity index (χ3n) is 5.47. The summed E-state index contributed by atoms with van der Waals surface area (Å²) < 4.78 is 13.6. The summed E-state index contributed by atoms with van der Waals surface area (Å²) in [6, 6.07) is 21.2. The summed E-state index contributed by atoms with van der Waals surface area (Å²) in [4.78, 5) is 24.9. The molecule has 0 aliphatic carbocycles. The zero-order valence-corrected chi connectivity index (χ0v) is 19.4. The van der Waals surface area contributed by atoms with E-state index in [0.717, 1.165) is 16.7 Å². The molecule has 180 valence electrons. The monoisotopic (exact) mass is 481 g/mol. The Kier molecular flexibility index (Phi) is 8.19. The molecule has 36 heavy (non-hydrogen) atoms. The Hall–Kier alpha value is -4.75. The summed E-state index contributed by atoms with van der Waals surface area (Å²) >= 11 is 0. The minimum atomic E-state index is -0.332. The number of benzene rings is 2. The number of anilines is 1. The maximum absolute atomic E-state index is 13.6. The van der Waals surface area contributed by atoms with E-state index in [0.29, 0.717) is 42.1 Å². The number of amides is 1. The van der Waals surface area contributed by atoms with Crippen LogP contribution in [0.2, 0.25) is 0 Å². The molecule has 0 fully saturated rings. The van der Waals surface area contributed by atoms with Gasteiger partial charge < -0.3 is 10.6 Å². The van der Waals surface area contributed by atoms with Crippen LogP contribution < -0.4 is 10.6 Å². The maximum atomic E-state index is 13.6. The summed E-state index contributed by atoms with van der Waals surface area (Å²) in [6.45, 7) is 0.769. The fourth-order valence-electron chi connectivity index (χ4n) is 3.73. The minimum Gasteiger partial charge on any atom is -0.369 e. The van der Waals surface area contributed by atoms with Gasteiger partial charge in [-0.25, -0.2) is 9.37 Å². The van der Waals surface area contributed by atoms with Crippen molar-refractivity contribution in [1.29, 1.82) is 0 Å². The highest BCUT2D eigenvalue weighted by molar-refractivity contribution is 5.99. The first kappa shape index (κ1) is 24.4. The van der Waals surface area contributed by atoms with E-state index < -0.39 is 0 Å². The molecule has 8 nitrogen and oxygen atoms in total. The third kappa shape index (κ3) is 6.43. The van der Waals surface area contributed by atoms with Gasteiger partial charge in [0.05, 0.1) is 17.8 Å². The Labute approximate surface area is 207 Å². The van der Waals surface area contributed by atoms with Gasteiger partial charge in [-0.15, -0.1) is 0 Å². The van der Waals surface area contributed by atoms with Crippen molar-refractivity contribution in [1.82, 2.24) is 15.3 Å². The smallest absolute Gasteiger partial charge is 0.255 e. The lowest BCUT2D eigenvalue weighted by Crippen LogP contribution is -2.25. The molecule has 0 bridgehead atoms. The Morgan fingerprint density at radius 1 is 1.03 bits per heavy atom. The van der Waals surface area contributed by atoms with E-state index in [1.807, 2.05) is 42.5 Å². The maximum Gasteiger partial charge on any atom is 0.255 e. The van der Waals surface area contributed by atoms with E-state index in [2.05, 4.69) is 25.6 Å². The van der Waals surface area contributed by atoms with Crippen LogP contribution in [0.4, 0.5) is 10.2 Å². The standard InChI is InChI=1S/C27H24FN7O/c28-23-10-4-6-19(14-23)11-13-31-26-24(27(36)32-17-20-7-5-12-30-16-20)15-22(18-33-35-29)25(34-26)21-8-2-1-3-9-21/h1-10,12,14-16H,11,13,17-18H2,(H,31,34)(H,32,36). The molecule has 2 aromatic heterocycles. The van der Waals surface area contributed by atoms with Crippen molar-refractivity contribution in [2.24, 2.45) is 5.11 Å².